The van der Waals surface area contributed by atoms with Gasteiger partial charge in [0.1, 0.15) is 0 Å². The summed E-state index contributed by atoms with van der Waals surface area (Å²) in [5, 5.41) is 21.8. The van der Waals surface area contributed by atoms with Crippen molar-refractivity contribution in [3.05, 3.63) is 0 Å². The van der Waals surface area contributed by atoms with E-state index >= 15 is 0 Å². The number of carbonyl (C=O) groups is 1. The predicted octanol–water partition coefficient (Wildman–Crippen LogP) is 4.09. The third-order valence-electron chi connectivity index (χ3n) is 7.08. The predicted molar refractivity (Wildman–Crippen MR) is 108 cm³/mol. The van der Waals surface area contributed by atoms with Crippen molar-refractivity contribution in [2.24, 2.45) is 29.6 Å². The first-order valence-electron chi connectivity index (χ1n) is 10.7. The summed E-state index contributed by atoms with van der Waals surface area (Å²) in [5.74, 6) is 0.449. The van der Waals surface area contributed by atoms with Crippen molar-refractivity contribution in [1.29, 1.82) is 0 Å². The molecule has 2 unspecified atom stereocenters. The summed E-state index contributed by atoms with van der Waals surface area (Å²) in [6.45, 7) is 15.8. The van der Waals surface area contributed by atoms with Crippen molar-refractivity contribution >= 4 is 5.91 Å². The molecule has 0 aromatic heterocycles. The van der Waals surface area contributed by atoms with Gasteiger partial charge in [-0.1, -0.05) is 54.4 Å². The number of carbonyl (C=O) groups excluding carboxylic acids is 1. The summed E-state index contributed by atoms with van der Waals surface area (Å²) in [7, 11) is 0. The number of hydrogen-bond donors (Lipinski definition) is 2. The summed E-state index contributed by atoms with van der Waals surface area (Å²) in [6, 6.07) is 0. The molecule has 1 fully saturated rings. The summed E-state index contributed by atoms with van der Waals surface area (Å²) in [5.41, 5.74) is -0.836. The Labute approximate surface area is 161 Å². The molecule has 1 aliphatic rings. The lowest BCUT2D eigenvalue weighted by atomic mass is 9.72. The van der Waals surface area contributed by atoms with E-state index in [0.29, 0.717) is 18.3 Å². The first kappa shape index (κ1) is 23.4. The highest BCUT2D eigenvalue weighted by Gasteiger charge is 2.40. The number of amides is 1. The smallest absolute Gasteiger partial charge is 0.228 e. The molecule has 0 aromatic rings. The molecule has 0 aliphatic carbocycles. The standard InChI is InChI=1S/C22H43NO3/c1-8-15(3)13-22(7,26)18(6)16(4)20(24)17(5)21(25)23-12-10-11-19(9-2)14-23/h15-20,24,26H,8-14H2,1-7H3/t15-,16+,17?,18+,19?,20-,22+/m0/s1. The Bertz CT molecular complexity index is 437. The fourth-order valence-corrected chi connectivity index (χ4v) is 4.39. The Kier molecular flexibility index (Phi) is 9.08. The van der Waals surface area contributed by atoms with Crippen LogP contribution in [0.1, 0.15) is 80.6 Å². The highest BCUT2D eigenvalue weighted by molar-refractivity contribution is 5.79. The molecule has 1 rings (SSSR count). The highest BCUT2D eigenvalue weighted by Crippen LogP contribution is 2.35. The topological polar surface area (TPSA) is 60.8 Å². The van der Waals surface area contributed by atoms with Gasteiger partial charge in [-0.05, 0) is 49.9 Å². The minimum atomic E-state index is -0.836. The van der Waals surface area contributed by atoms with Crippen LogP contribution in [0.4, 0.5) is 0 Å². The van der Waals surface area contributed by atoms with Gasteiger partial charge in [0.2, 0.25) is 5.91 Å². The van der Waals surface area contributed by atoms with Crippen molar-refractivity contribution in [3.63, 3.8) is 0 Å². The van der Waals surface area contributed by atoms with Crippen LogP contribution < -0.4 is 0 Å². The van der Waals surface area contributed by atoms with E-state index in [4.69, 9.17) is 0 Å². The quantitative estimate of drug-likeness (QED) is 0.643. The Hall–Kier alpha value is -0.610. The molecule has 1 heterocycles. The van der Waals surface area contributed by atoms with Crippen molar-refractivity contribution in [3.8, 4) is 0 Å². The van der Waals surface area contributed by atoms with Gasteiger partial charge in [-0.3, -0.25) is 4.79 Å². The van der Waals surface area contributed by atoms with Gasteiger partial charge in [-0.15, -0.1) is 0 Å². The number of rotatable bonds is 9. The van der Waals surface area contributed by atoms with Crippen molar-refractivity contribution in [1.82, 2.24) is 4.90 Å². The second kappa shape index (κ2) is 10.1. The van der Waals surface area contributed by atoms with E-state index in [2.05, 4.69) is 20.8 Å². The van der Waals surface area contributed by atoms with E-state index in [1.165, 1.54) is 6.42 Å². The molecular weight excluding hydrogens is 326 g/mol. The number of nitrogens with zero attached hydrogens (tertiary/aromatic N) is 1. The maximum atomic E-state index is 12.9. The Morgan fingerprint density at radius 2 is 1.85 bits per heavy atom. The monoisotopic (exact) mass is 369 g/mol. The molecule has 7 atom stereocenters. The number of piperidine rings is 1. The van der Waals surface area contributed by atoms with Crippen LogP contribution in [0, 0.1) is 29.6 Å². The van der Waals surface area contributed by atoms with Gasteiger partial charge in [0.25, 0.3) is 0 Å². The fraction of sp³-hybridized carbons (Fsp3) is 0.955. The first-order chi connectivity index (χ1) is 12.0. The largest absolute Gasteiger partial charge is 0.392 e. The molecule has 154 valence electrons. The summed E-state index contributed by atoms with van der Waals surface area (Å²) in [6.07, 6.45) is 4.37. The summed E-state index contributed by atoms with van der Waals surface area (Å²) < 4.78 is 0. The zero-order valence-electron chi connectivity index (χ0n) is 18.2. The van der Waals surface area contributed by atoms with Crippen LogP contribution in [-0.2, 0) is 4.79 Å². The lowest BCUT2D eigenvalue weighted by molar-refractivity contribution is -0.144. The molecule has 1 aliphatic heterocycles. The molecule has 0 bridgehead atoms. The van der Waals surface area contributed by atoms with Crippen LogP contribution in [0.25, 0.3) is 0 Å². The normalized spacial score (nSPS) is 26.5. The van der Waals surface area contributed by atoms with Crippen LogP contribution in [0.3, 0.4) is 0 Å². The van der Waals surface area contributed by atoms with Crippen molar-refractivity contribution in [2.45, 2.75) is 92.3 Å². The van der Waals surface area contributed by atoms with E-state index < -0.39 is 17.6 Å². The van der Waals surface area contributed by atoms with Crippen molar-refractivity contribution < 1.29 is 15.0 Å². The van der Waals surface area contributed by atoms with Gasteiger partial charge in [0.05, 0.1) is 17.6 Å². The second-order valence-electron chi connectivity index (χ2n) is 9.20. The zero-order valence-corrected chi connectivity index (χ0v) is 18.2. The van der Waals surface area contributed by atoms with Crippen LogP contribution in [0.5, 0.6) is 0 Å². The second-order valence-corrected chi connectivity index (χ2v) is 9.20. The molecule has 2 N–H and O–H groups in total. The average molecular weight is 370 g/mol. The number of aliphatic hydroxyl groups excluding tert-OH is 1. The van der Waals surface area contributed by atoms with Crippen LogP contribution in [0.15, 0.2) is 0 Å². The molecule has 4 nitrogen and oxygen atoms in total. The molecular formula is C22H43NO3. The third kappa shape index (κ3) is 5.95. The average Bonchev–Trinajstić information content (AvgIpc) is 2.64. The fourth-order valence-electron chi connectivity index (χ4n) is 4.39. The first-order valence-corrected chi connectivity index (χ1v) is 10.7. The van der Waals surface area contributed by atoms with Gasteiger partial charge in [-0.2, -0.15) is 0 Å². The third-order valence-corrected chi connectivity index (χ3v) is 7.08. The molecule has 4 heteroatoms. The van der Waals surface area contributed by atoms with E-state index in [1.807, 2.05) is 32.6 Å². The van der Waals surface area contributed by atoms with Gasteiger partial charge in [0, 0.05) is 13.1 Å². The lowest BCUT2D eigenvalue weighted by Crippen LogP contribution is -2.49. The van der Waals surface area contributed by atoms with Crippen molar-refractivity contribution in [2.75, 3.05) is 13.1 Å². The molecule has 1 amide bonds. The van der Waals surface area contributed by atoms with E-state index in [1.54, 1.807) is 0 Å². The van der Waals surface area contributed by atoms with Gasteiger partial charge in [0.15, 0.2) is 0 Å². The van der Waals surface area contributed by atoms with Crippen LogP contribution in [0.2, 0.25) is 0 Å². The van der Waals surface area contributed by atoms with Gasteiger partial charge < -0.3 is 15.1 Å². The van der Waals surface area contributed by atoms with E-state index in [9.17, 15) is 15.0 Å². The molecule has 0 saturated carbocycles. The molecule has 0 aromatic carbocycles. The molecule has 0 spiro atoms. The van der Waals surface area contributed by atoms with E-state index in [-0.39, 0.29) is 17.7 Å². The Balaban J connectivity index is 2.73. The minimum Gasteiger partial charge on any atom is -0.392 e. The molecule has 26 heavy (non-hydrogen) atoms. The van der Waals surface area contributed by atoms with Gasteiger partial charge in [-0.25, -0.2) is 0 Å². The van der Waals surface area contributed by atoms with E-state index in [0.717, 1.165) is 32.4 Å². The zero-order chi connectivity index (χ0) is 20.1. The lowest BCUT2D eigenvalue weighted by Gasteiger charge is -2.40. The van der Waals surface area contributed by atoms with Crippen LogP contribution in [-0.4, -0.2) is 45.8 Å². The molecule has 1 saturated heterocycles. The van der Waals surface area contributed by atoms with Crippen LogP contribution >= 0.6 is 0 Å². The Morgan fingerprint density at radius 1 is 1.23 bits per heavy atom. The number of hydrogen-bond acceptors (Lipinski definition) is 3. The maximum Gasteiger partial charge on any atom is 0.228 e. The highest BCUT2D eigenvalue weighted by atomic mass is 16.3. The maximum absolute atomic E-state index is 12.9. The minimum absolute atomic E-state index is 0.0660. The summed E-state index contributed by atoms with van der Waals surface area (Å²) >= 11 is 0. The Morgan fingerprint density at radius 3 is 2.38 bits per heavy atom. The summed E-state index contributed by atoms with van der Waals surface area (Å²) in [4.78, 5) is 14.8. The number of likely N-dealkylation sites (tertiary alicyclic amines) is 1. The number of aliphatic hydroxyl groups is 2. The SMILES string of the molecule is CCC1CCCN(C(=O)C(C)[C@@H](O)[C@H](C)[C@@H](C)[C@](C)(O)C[C@@H](C)CC)C1. The van der Waals surface area contributed by atoms with Gasteiger partial charge >= 0.3 is 0 Å². The molecule has 0 radical (unpaired) electrons.